The van der Waals surface area contributed by atoms with E-state index < -0.39 is 0 Å². The molecule has 0 atom stereocenters. The van der Waals surface area contributed by atoms with E-state index in [1.54, 1.807) is 19.1 Å². The van der Waals surface area contributed by atoms with Gasteiger partial charge >= 0.3 is 0 Å². The van der Waals surface area contributed by atoms with Gasteiger partial charge in [0.2, 0.25) is 5.91 Å². The van der Waals surface area contributed by atoms with E-state index in [1.807, 2.05) is 24.3 Å². The Hall–Kier alpha value is -2.93. The molecule has 4 rings (SSSR count). The number of halogens is 1. The number of rotatable bonds is 4. The molecule has 0 radical (unpaired) electrons. The number of hydrogen-bond acceptors (Lipinski definition) is 4. The summed E-state index contributed by atoms with van der Waals surface area (Å²) in [5, 5.41) is 4.43. The Morgan fingerprint density at radius 3 is 2.92 bits per heavy atom. The van der Waals surface area contributed by atoms with Crippen molar-refractivity contribution in [2.24, 2.45) is 0 Å². The molecule has 0 aliphatic rings. The summed E-state index contributed by atoms with van der Waals surface area (Å²) < 4.78 is 13.6. The Balaban J connectivity index is 1.52. The molecule has 2 heterocycles. The second-order valence-corrected chi connectivity index (χ2v) is 6.84. The molecule has 0 spiro atoms. The van der Waals surface area contributed by atoms with E-state index in [1.165, 1.54) is 24.2 Å². The van der Waals surface area contributed by atoms with Crippen LogP contribution in [0.3, 0.4) is 0 Å². The molecule has 2 aromatic heterocycles. The predicted molar refractivity (Wildman–Crippen MR) is 102 cm³/mol. The number of anilines is 1. The number of para-hydroxylation sites is 1. The number of aromatic nitrogens is 3. The molecule has 0 fully saturated rings. The lowest BCUT2D eigenvalue weighted by atomic mass is 10.2. The maximum Gasteiger partial charge on any atom is 0.234 e. The van der Waals surface area contributed by atoms with E-state index in [2.05, 4.69) is 20.3 Å². The van der Waals surface area contributed by atoms with E-state index in [4.69, 9.17) is 0 Å². The molecule has 4 aromatic rings. The number of benzene rings is 2. The molecule has 26 heavy (non-hydrogen) atoms. The van der Waals surface area contributed by atoms with Crippen LogP contribution in [0.4, 0.5) is 10.1 Å². The first-order valence-corrected chi connectivity index (χ1v) is 9.00. The predicted octanol–water partition coefficient (Wildman–Crippen LogP) is 4.29. The summed E-state index contributed by atoms with van der Waals surface area (Å²) in [5.74, 6) is -0.399. The molecule has 0 saturated carbocycles. The van der Waals surface area contributed by atoms with Crippen LogP contribution in [0.1, 0.15) is 5.56 Å². The summed E-state index contributed by atoms with van der Waals surface area (Å²) >= 11 is 1.31. The molecule has 7 heteroatoms. The van der Waals surface area contributed by atoms with E-state index in [-0.39, 0.29) is 17.5 Å². The molecule has 5 nitrogen and oxygen atoms in total. The highest BCUT2D eigenvalue weighted by molar-refractivity contribution is 8.00. The minimum absolute atomic E-state index is 0.164. The molecule has 0 unspecified atom stereocenters. The second kappa shape index (κ2) is 6.76. The number of nitrogens with one attached hydrogen (secondary N) is 2. The summed E-state index contributed by atoms with van der Waals surface area (Å²) in [4.78, 5) is 24.1. The van der Waals surface area contributed by atoms with Crippen molar-refractivity contribution in [3.8, 4) is 0 Å². The Bertz CT molecular complexity index is 1130. The molecule has 2 N–H and O–H groups in total. The largest absolute Gasteiger partial charge is 0.351 e. The van der Waals surface area contributed by atoms with E-state index in [0.29, 0.717) is 16.3 Å². The van der Waals surface area contributed by atoms with Gasteiger partial charge in [0, 0.05) is 16.6 Å². The SMILES string of the molecule is Cc1ccc(NC(=O)CSc2ncnc3c2[nH]c2ccccc23)cc1F. The fourth-order valence-electron chi connectivity index (χ4n) is 2.73. The quantitative estimate of drug-likeness (QED) is 0.417. The minimum atomic E-state index is -0.342. The maximum atomic E-state index is 13.6. The van der Waals surface area contributed by atoms with Crippen LogP contribution in [0, 0.1) is 12.7 Å². The molecule has 130 valence electrons. The van der Waals surface area contributed by atoms with Gasteiger partial charge in [0.25, 0.3) is 0 Å². The van der Waals surface area contributed by atoms with Gasteiger partial charge in [0.1, 0.15) is 22.7 Å². The highest BCUT2D eigenvalue weighted by Gasteiger charge is 2.12. The number of carbonyl (C=O) groups excluding carboxylic acids is 1. The van der Waals surface area contributed by atoms with E-state index >= 15 is 0 Å². The molecular formula is C19H15FN4OS. The first kappa shape index (κ1) is 16.5. The van der Waals surface area contributed by atoms with Crippen molar-refractivity contribution in [1.29, 1.82) is 0 Å². The van der Waals surface area contributed by atoms with Crippen molar-refractivity contribution in [3.05, 3.63) is 60.2 Å². The lowest BCUT2D eigenvalue weighted by Gasteiger charge is -2.06. The number of aromatic amines is 1. The fraction of sp³-hybridized carbons (Fsp3) is 0.105. The highest BCUT2D eigenvalue weighted by atomic mass is 32.2. The van der Waals surface area contributed by atoms with Gasteiger partial charge in [-0.2, -0.15) is 0 Å². The summed E-state index contributed by atoms with van der Waals surface area (Å²) in [6, 6.07) is 12.5. The van der Waals surface area contributed by atoms with Gasteiger partial charge in [-0.15, -0.1) is 0 Å². The lowest BCUT2D eigenvalue weighted by molar-refractivity contribution is -0.113. The van der Waals surface area contributed by atoms with Crippen LogP contribution in [0.5, 0.6) is 0 Å². The second-order valence-electron chi connectivity index (χ2n) is 5.87. The number of carbonyl (C=O) groups is 1. The molecular weight excluding hydrogens is 351 g/mol. The number of fused-ring (bicyclic) bond motifs is 3. The number of amides is 1. The summed E-state index contributed by atoms with van der Waals surface area (Å²) in [5.41, 5.74) is 3.60. The van der Waals surface area contributed by atoms with Crippen LogP contribution in [-0.4, -0.2) is 26.6 Å². The van der Waals surface area contributed by atoms with Crippen LogP contribution < -0.4 is 5.32 Å². The fourth-order valence-corrected chi connectivity index (χ4v) is 3.48. The monoisotopic (exact) mass is 366 g/mol. The zero-order valence-corrected chi connectivity index (χ0v) is 14.7. The molecule has 0 aliphatic heterocycles. The van der Waals surface area contributed by atoms with Crippen LogP contribution in [-0.2, 0) is 4.79 Å². The Morgan fingerprint density at radius 1 is 1.23 bits per heavy atom. The van der Waals surface area contributed by atoms with Crippen molar-refractivity contribution >= 4 is 45.3 Å². The topological polar surface area (TPSA) is 70.7 Å². The smallest absolute Gasteiger partial charge is 0.234 e. The highest BCUT2D eigenvalue weighted by Crippen LogP contribution is 2.29. The van der Waals surface area contributed by atoms with E-state index in [9.17, 15) is 9.18 Å². The summed E-state index contributed by atoms with van der Waals surface area (Å²) in [6.07, 6.45) is 1.50. The average molecular weight is 366 g/mol. The van der Waals surface area contributed by atoms with Crippen LogP contribution in [0.2, 0.25) is 0 Å². The normalized spacial score (nSPS) is 11.2. The summed E-state index contributed by atoms with van der Waals surface area (Å²) in [6.45, 7) is 1.68. The molecule has 0 aliphatic carbocycles. The van der Waals surface area contributed by atoms with Gasteiger partial charge in [-0.3, -0.25) is 4.79 Å². The van der Waals surface area contributed by atoms with Gasteiger partial charge in [-0.05, 0) is 30.7 Å². The number of nitrogens with zero attached hydrogens (tertiary/aromatic N) is 2. The van der Waals surface area contributed by atoms with Gasteiger partial charge < -0.3 is 10.3 Å². The summed E-state index contributed by atoms with van der Waals surface area (Å²) in [7, 11) is 0. The Kier molecular flexibility index (Phi) is 4.30. The Morgan fingerprint density at radius 2 is 2.08 bits per heavy atom. The van der Waals surface area contributed by atoms with E-state index in [0.717, 1.165) is 21.9 Å². The molecule has 2 aromatic carbocycles. The third-order valence-corrected chi connectivity index (χ3v) is 5.04. The third-order valence-electron chi connectivity index (χ3n) is 4.05. The first-order chi connectivity index (χ1) is 12.6. The first-order valence-electron chi connectivity index (χ1n) is 8.02. The van der Waals surface area contributed by atoms with Crippen molar-refractivity contribution in [2.45, 2.75) is 11.9 Å². The van der Waals surface area contributed by atoms with Crippen molar-refractivity contribution in [2.75, 3.05) is 11.1 Å². The third kappa shape index (κ3) is 3.13. The Labute approximate surface area is 153 Å². The zero-order valence-electron chi connectivity index (χ0n) is 13.9. The average Bonchev–Trinajstić information content (AvgIpc) is 3.02. The van der Waals surface area contributed by atoms with Crippen molar-refractivity contribution in [1.82, 2.24) is 15.0 Å². The number of H-pyrrole nitrogens is 1. The van der Waals surface area contributed by atoms with Crippen LogP contribution in [0.15, 0.2) is 53.8 Å². The minimum Gasteiger partial charge on any atom is -0.351 e. The zero-order chi connectivity index (χ0) is 18.1. The van der Waals surface area contributed by atoms with Crippen LogP contribution in [0.25, 0.3) is 21.9 Å². The number of aryl methyl sites for hydroxylation is 1. The molecule has 1 amide bonds. The standard InChI is InChI=1S/C19H15FN4OS/c1-11-6-7-12(8-14(11)20)23-16(25)9-26-19-18-17(21-10-22-19)13-4-2-3-5-15(13)24-18/h2-8,10,24H,9H2,1H3,(H,23,25). The maximum absolute atomic E-state index is 13.6. The van der Waals surface area contributed by atoms with Crippen molar-refractivity contribution in [3.63, 3.8) is 0 Å². The number of thioether (sulfide) groups is 1. The van der Waals surface area contributed by atoms with Gasteiger partial charge in [0.15, 0.2) is 0 Å². The molecule has 0 bridgehead atoms. The van der Waals surface area contributed by atoms with Gasteiger partial charge in [-0.25, -0.2) is 14.4 Å². The molecule has 0 saturated heterocycles. The van der Waals surface area contributed by atoms with Gasteiger partial charge in [0.05, 0.1) is 11.3 Å². The number of hydrogen-bond donors (Lipinski definition) is 2. The lowest BCUT2D eigenvalue weighted by Crippen LogP contribution is -2.14. The van der Waals surface area contributed by atoms with Gasteiger partial charge in [-0.1, -0.05) is 36.0 Å². The van der Waals surface area contributed by atoms with Crippen LogP contribution >= 0.6 is 11.8 Å². The van der Waals surface area contributed by atoms with Crippen molar-refractivity contribution < 1.29 is 9.18 Å².